The largest absolute Gasteiger partial charge is 0.508 e. The van der Waals surface area contributed by atoms with Gasteiger partial charge < -0.3 is 10.8 Å². The average molecular weight is 214 g/mol. The molecule has 0 spiro atoms. The second kappa shape index (κ2) is 4.67. The molecule has 14 heavy (non-hydrogen) atoms. The Morgan fingerprint density at radius 2 is 2.14 bits per heavy atom. The second-order valence-corrected chi connectivity index (χ2v) is 4.02. The van der Waals surface area contributed by atoms with E-state index in [0.29, 0.717) is 12.5 Å². The van der Waals surface area contributed by atoms with E-state index in [-0.39, 0.29) is 5.75 Å². The molecule has 3 N–H and O–H groups in total. The van der Waals surface area contributed by atoms with Crippen LogP contribution in [0.25, 0.3) is 0 Å². The van der Waals surface area contributed by atoms with Crippen molar-refractivity contribution in [2.24, 2.45) is 5.73 Å². The first-order valence-electron chi connectivity index (χ1n) is 4.75. The van der Waals surface area contributed by atoms with Crippen molar-refractivity contribution in [2.75, 3.05) is 6.54 Å². The number of hydrogen-bond acceptors (Lipinski definition) is 2. The summed E-state index contributed by atoms with van der Waals surface area (Å²) in [4.78, 5) is 0. The number of aryl methyl sites for hydroxylation is 1. The standard InChI is InChI=1S/C11H16ClNO/c1-7(3-4-13)10-6-9(14)5-8(2)11(10)12/h5-7,14H,3-4,13H2,1-2H3. The van der Waals surface area contributed by atoms with Gasteiger partial charge in [-0.2, -0.15) is 0 Å². The SMILES string of the molecule is Cc1cc(O)cc(C(C)CCN)c1Cl. The van der Waals surface area contributed by atoms with Gasteiger partial charge in [0.25, 0.3) is 0 Å². The molecule has 1 rings (SSSR count). The monoisotopic (exact) mass is 213 g/mol. The highest BCUT2D eigenvalue weighted by Crippen LogP contribution is 2.32. The normalized spacial score (nSPS) is 12.9. The smallest absolute Gasteiger partial charge is 0.116 e. The molecule has 0 aliphatic rings. The maximum absolute atomic E-state index is 9.45. The van der Waals surface area contributed by atoms with Crippen LogP contribution in [-0.2, 0) is 0 Å². The molecule has 0 saturated carbocycles. The molecule has 0 bridgehead atoms. The van der Waals surface area contributed by atoms with Crippen molar-refractivity contribution in [1.29, 1.82) is 0 Å². The lowest BCUT2D eigenvalue weighted by molar-refractivity contribution is 0.473. The third-order valence-electron chi connectivity index (χ3n) is 2.40. The molecule has 0 aliphatic heterocycles. The maximum atomic E-state index is 9.45. The zero-order chi connectivity index (χ0) is 10.7. The molecule has 78 valence electrons. The van der Waals surface area contributed by atoms with E-state index in [1.54, 1.807) is 12.1 Å². The first-order chi connectivity index (χ1) is 6.56. The highest BCUT2D eigenvalue weighted by atomic mass is 35.5. The van der Waals surface area contributed by atoms with E-state index in [0.717, 1.165) is 22.6 Å². The van der Waals surface area contributed by atoms with E-state index in [9.17, 15) is 5.11 Å². The van der Waals surface area contributed by atoms with Gasteiger partial charge in [-0.15, -0.1) is 0 Å². The van der Waals surface area contributed by atoms with E-state index in [1.807, 2.05) is 6.92 Å². The molecular weight excluding hydrogens is 198 g/mol. The molecule has 0 saturated heterocycles. The van der Waals surface area contributed by atoms with E-state index in [2.05, 4.69) is 6.92 Å². The number of aromatic hydroxyl groups is 1. The fourth-order valence-corrected chi connectivity index (χ4v) is 1.84. The first-order valence-corrected chi connectivity index (χ1v) is 5.13. The van der Waals surface area contributed by atoms with Gasteiger partial charge in [0.2, 0.25) is 0 Å². The molecule has 0 heterocycles. The zero-order valence-corrected chi connectivity index (χ0v) is 9.30. The van der Waals surface area contributed by atoms with Gasteiger partial charge in [-0.3, -0.25) is 0 Å². The van der Waals surface area contributed by atoms with E-state index < -0.39 is 0 Å². The van der Waals surface area contributed by atoms with Crippen molar-refractivity contribution >= 4 is 11.6 Å². The number of benzene rings is 1. The Morgan fingerprint density at radius 1 is 1.50 bits per heavy atom. The van der Waals surface area contributed by atoms with Crippen molar-refractivity contribution < 1.29 is 5.11 Å². The minimum absolute atomic E-state index is 0.269. The number of rotatable bonds is 3. The van der Waals surface area contributed by atoms with Gasteiger partial charge in [0.15, 0.2) is 0 Å². The molecule has 1 unspecified atom stereocenters. The quantitative estimate of drug-likeness (QED) is 0.811. The van der Waals surface area contributed by atoms with Crippen LogP contribution in [0.3, 0.4) is 0 Å². The third kappa shape index (κ3) is 2.40. The van der Waals surface area contributed by atoms with E-state index in [4.69, 9.17) is 17.3 Å². The van der Waals surface area contributed by atoms with Gasteiger partial charge in [0, 0.05) is 5.02 Å². The van der Waals surface area contributed by atoms with Gasteiger partial charge in [0.05, 0.1) is 0 Å². The number of nitrogens with two attached hydrogens (primary N) is 1. The lowest BCUT2D eigenvalue weighted by Gasteiger charge is -2.14. The molecule has 1 aromatic rings. The predicted molar refractivity (Wildman–Crippen MR) is 59.9 cm³/mol. The summed E-state index contributed by atoms with van der Waals surface area (Å²) in [6.07, 6.45) is 0.878. The zero-order valence-electron chi connectivity index (χ0n) is 8.55. The molecular formula is C11H16ClNO. The van der Waals surface area contributed by atoms with Gasteiger partial charge in [0.1, 0.15) is 5.75 Å². The average Bonchev–Trinajstić information content (AvgIpc) is 2.11. The summed E-state index contributed by atoms with van der Waals surface area (Å²) < 4.78 is 0. The van der Waals surface area contributed by atoms with Gasteiger partial charge >= 0.3 is 0 Å². The van der Waals surface area contributed by atoms with Crippen LogP contribution in [0.5, 0.6) is 5.75 Å². The van der Waals surface area contributed by atoms with E-state index in [1.165, 1.54) is 0 Å². The molecule has 0 aromatic heterocycles. The fourth-order valence-electron chi connectivity index (χ4n) is 1.54. The lowest BCUT2D eigenvalue weighted by Crippen LogP contribution is -2.05. The van der Waals surface area contributed by atoms with Crippen LogP contribution in [0.15, 0.2) is 12.1 Å². The fraction of sp³-hybridized carbons (Fsp3) is 0.455. The lowest BCUT2D eigenvalue weighted by atomic mass is 9.96. The summed E-state index contributed by atoms with van der Waals surface area (Å²) in [5, 5.41) is 10.2. The Balaban J connectivity index is 3.07. The van der Waals surface area contributed by atoms with Crippen molar-refractivity contribution in [1.82, 2.24) is 0 Å². The van der Waals surface area contributed by atoms with Crippen molar-refractivity contribution in [2.45, 2.75) is 26.2 Å². The number of halogens is 1. The summed E-state index contributed by atoms with van der Waals surface area (Å²) in [6.45, 7) is 4.58. The second-order valence-electron chi connectivity index (χ2n) is 3.64. The molecule has 2 nitrogen and oxygen atoms in total. The predicted octanol–water partition coefficient (Wildman–Crippen LogP) is 2.81. The topological polar surface area (TPSA) is 46.2 Å². The van der Waals surface area contributed by atoms with Crippen LogP contribution < -0.4 is 5.73 Å². The first kappa shape index (κ1) is 11.3. The van der Waals surface area contributed by atoms with Crippen molar-refractivity contribution in [3.8, 4) is 5.75 Å². The Hall–Kier alpha value is -0.730. The van der Waals surface area contributed by atoms with Gasteiger partial charge in [-0.25, -0.2) is 0 Å². The summed E-state index contributed by atoms with van der Waals surface area (Å²) in [5.41, 5.74) is 7.38. The summed E-state index contributed by atoms with van der Waals surface area (Å²) in [7, 11) is 0. The Morgan fingerprint density at radius 3 is 2.71 bits per heavy atom. The summed E-state index contributed by atoms with van der Waals surface area (Å²) >= 11 is 6.14. The molecule has 0 amide bonds. The highest BCUT2D eigenvalue weighted by molar-refractivity contribution is 6.32. The highest BCUT2D eigenvalue weighted by Gasteiger charge is 2.12. The van der Waals surface area contributed by atoms with Crippen LogP contribution in [0, 0.1) is 6.92 Å². The van der Waals surface area contributed by atoms with Crippen LogP contribution in [0.1, 0.15) is 30.4 Å². The summed E-state index contributed by atoms with van der Waals surface area (Å²) in [5.74, 6) is 0.559. The number of phenolic OH excluding ortho intramolecular Hbond substituents is 1. The molecule has 0 aliphatic carbocycles. The van der Waals surface area contributed by atoms with Crippen LogP contribution in [-0.4, -0.2) is 11.7 Å². The Bertz CT molecular complexity index is 325. The third-order valence-corrected chi connectivity index (χ3v) is 2.91. The van der Waals surface area contributed by atoms with Crippen LogP contribution in [0.2, 0.25) is 5.02 Å². The molecule has 3 heteroatoms. The van der Waals surface area contributed by atoms with Crippen molar-refractivity contribution in [3.63, 3.8) is 0 Å². The number of phenols is 1. The molecule has 1 atom stereocenters. The van der Waals surface area contributed by atoms with Crippen LogP contribution in [0.4, 0.5) is 0 Å². The maximum Gasteiger partial charge on any atom is 0.116 e. The minimum atomic E-state index is 0.269. The minimum Gasteiger partial charge on any atom is -0.508 e. The van der Waals surface area contributed by atoms with Gasteiger partial charge in [-0.05, 0) is 49.1 Å². The molecule has 1 aromatic carbocycles. The van der Waals surface area contributed by atoms with Crippen LogP contribution >= 0.6 is 11.6 Å². The summed E-state index contributed by atoms with van der Waals surface area (Å²) in [6, 6.07) is 3.39. The number of hydrogen-bond donors (Lipinski definition) is 2. The Labute approximate surface area is 89.7 Å². The van der Waals surface area contributed by atoms with E-state index >= 15 is 0 Å². The van der Waals surface area contributed by atoms with Crippen molar-refractivity contribution in [3.05, 3.63) is 28.3 Å². The van der Waals surface area contributed by atoms with Gasteiger partial charge in [-0.1, -0.05) is 18.5 Å². The molecule has 0 fully saturated rings. The Kier molecular flexibility index (Phi) is 3.78. The molecule has 0 radical (unpaired) electrons.